The number of anilines is 1. The van der Waals surface area contributed by atoms with E-state index in [9.17, 15) is 18.0 Å². The Balaban J connectivity index is 0.000000396. The number of piperazine rings is 1. The number of nitrogens with zero attached hydrogens (tertiary/aromatic N) is 5. The van der Waals surface area contributed by atoms with Gasteiger partial charge in [-0.15, -0.1) is 12.5 Å². The molecule has 1 aliphatic rings. The Bertz CT molecular complexity index is 1030. The van der Waals surface area contributed by atoms with Crippen molar-refractivity contribution in [1.29, 1.82) is 0 Å². The smallest absolute Gasteiger partial charge is 0.475 e. The molecule has 0 bridgehead atoms. The van der Waals surface area contributed by atoms with Gasteiger partial charge >= 0.3 is 17.8 Å². The number of nitrogens with one attached hydrogen (secondary N) is 1. The molecule has 3 rings (SSSR count). The highest BCUT2D eigenvalue weighted by Gasteiger charge is 2.38. The minimum atomic E-state index is -5.08. The molecule has 2 aromatic heterocycles. The first-order valence-corrected chi connectivity index (χ1v) is 8.92. The van der Waals surface area contributed by atoms with E-state index in [1.165, 1.54) is 6.33 Å². The van der Waals surface area contributed by atoms with Gasteiger partial charge in [0.05, 0.1) is 6.54 Å². The first-order valence-electron chi connectivity index (χ1n) is 8.92. The number of hydrogen-bond donors (Lipinski definition) is 2. The zero-order valence-electron chi connectivity index (χ0n) is 16.2. The van der Waals surface area contributed by atoms with Crippen LogP contribution >= 0.6 is 0 Å². The number of carbonyl (C=O) groups is 1. The van der Waals surface area contributed by atoms with Gasteiger partial charge in [0.15, 0.2) is 11.5 Å². The number of carboxylic acid groups (broad SMARTS) is 1. The zero-order valence-corrected chi connectivity index (χ0v) is 16.2. The summed E-state index contributed by atoms with van der Waals surface area (Å²) in [5.74, 6) is 3.86. The molecule has 0 saturated carbocycles. The minimum absolute atomic E-state index is 0.125. The first kappa shape index (κ1) is 23.0. The fourth-order valence-electron chi connectivity index (χ4n) is 2.84. The second-order valence-corrected chi connectivity index (χ2v) is 6.10. The Labute approximate surface area is 169 Å². The largest absolute Gasteiger partial charge is 0.490 e. The summed E-state index contributed by atoms with van der Waals surface area (Å²) in [5.41, 5.74) is 1.26. The molecule has 162 valence electrons. The quantitative estimate of drug-likeness (QED) is 0.552. The maximum Gasteiger partial charge on any atom is 0.490 e. The summed E-state index contributed by atoms with van der Waals surface area (Å²) < 4.78 is 35.0. The molecule has 0 unspecified atom stereocenters. The minimum Gasteiger partial charge on any atom is -0.475 e. The van der Waals surface area contributed by atoms with Crippen molar-refractivity contribution >= 4 is 23.0 Å². The van der Waals surface area contributed by atoms with Crippen molar-refractivity contribution in [1.82, 2.24) is 24.4 Å². The van der Waals surface area contributed by atoms with Gasteiger partial charge in [0.2, 0.25) is 0 Å². The van der Waals surface area contributed by atoms with Crippen LogP contribution in [0.3, 0.4) is 0 Å². The average molecular weight is 426 g/mol. The van der Waals surface area contributed by atoms with Crippen molar-refractivity contribution in [2.75, 3.05) is 31.1 Å². The molecule has 0 radical (unpaired) electrons. The molecule has 30 heavy (non-hydrogen) atoms. The average Bonchev–Trinajstić information content (AvgIpc) is 2.98. The highest BCUT2D eigenvalue weighted by Crippen LogP contribution is 2.22. The van der Waals surface area contributed by atoms with Gasteiger partial charge in [0.25, 0.3) is 0 Å². The SMILES string of the molecule is C=CCn1c(=O)n(CC#CC)c2c(N3CCNCC3)ncnc21.O=C(O)C(F)(F)F. The molecule has 1 fully saturated rings. The summed E-state index contributed by atoms with van der Waals surface area (Å²) in [4.78, 5) is 32.6. The van der Waals surface area contributed by atoms with Crippen LogP contribution in [-0.4, -0.2) is 62.5 Å². The number of hydrogen-bond acceptors (Lipinski definition) is 6. The predicted molar refractivity (Wildman–Crippen MR) is 104 cm³/mol. The third-order valence-electron chi connectivity index (χ3n) is 4.16. The molecule has 0 spiro atoms. The molecular weight excluding hydrogens is 405 g/mol. The maximum absolute atomic E-state index is 12.7. The molecule has 0 amide bonds. The van der Waals surface area contributed by atoms with E-state index in [1.807, 2.05) is 0 Å². The predicted octanol–water partition coefficient (Wildman–Crippen LogP) is 0.845. The summed E-state index contributed by atoms with van der Waals surface area (Å²) in [5, 5.41) is 10.4. The lowest BCUT2D eigenvalue weighted by Gasteiger charge is -2.28. The number of alkyl halides is 3. The Morgan fingerprint density at radius 2 is 1.97 bits per heavy atom. The van der Waals surface area contributed by atoms with Crippen molar-refractivity contribution in [3.05, 3.63) is 29.5 Å². The van der Waals surface area contributed by atoms with Crippen molar-refractivity contribution in [2.24, 2.45) is 0 Å². The molecule has 2 N–H and O–H groups in total. The highest BCUT2D eigenvalue weighted by molar-refractivity contribution is 5.84. The Kier molecular flexibility index (Phi) is 7.60. The second-order valence-electron chi connectivity index (χ2n) is 6.10. The number of imidazole rings is 1. The molecule has 1 saturated heterocycles. The van der Waals surface area contributed by atoms with Gasteiger partial charge in [0, 0.05) is 32.7 Å². The second kappa shape index (κ2) is 9.93. The van der Waals surface area contributed by atoms with E-state index >= 15 is 0 Å². The molecule has 3 heterocycles. The maximum atomic E-state index is 12.7. The lowest BCUT2D eigenvalue weighted by atomic mass is 10.3. The number of fused-ring (bicyclic) bond motifs is 1. The molecular formula is C18H21F3N6O3. The summed E-state index contributed by atoms with van der Waals surface area (Å²) in [6.45, 7) is 9.75. The molecule has 9 nitrogen and oxygen atoms in total. The summed E-state index contributed by atoms with van der Waals surface area (Å²) in [7, 11) is 0. The number of rotatable bonds is 4. The Morgan fingerprint density at radius 1 is 1.33 bits per heavy atom. The monoisotopic (exact) mass is 426 g/mol. The van der Waals surface area contributed by atoms with Gasteiger partial charge in [-0.1, -0.05) is 12.0 Å². The van der Waals surface area contributed by atoms with Crippen LogP contribution in [0.4, 0.5) is 19.0 Å². The number of aromatic nitrogens is 4. The zero-order chi connectivity index (χ0) is 22.3. The lowest BCUT2D eigenvalue weighted by molar-refractivity contribution is -0.192. The van der Waals surface area contributed by atoms with E-state index in [0.717, 1.165) is 37.5 Å². The van der Waals surface area contributed by atoms with Crippen LogP contribution in [0.5, 0.6) is 0 Å². The molecule has 0 atom stereocenters. The topological polar surface area (TPSA) is 105 Å². The van der Waals surface area contributed by atoms with Gasteiger partial charge in [-0.05, 0) is 6.92 Å². The first-order chi connectivity index (χ1) is 14.2. The van der Waals surface area contributed by atoms with E-state index < -0.39 is 12.1 Å². The van der Waals surface area contributed by atoms with Gasteiger partial charge in [0.1, 0.15) is 11.8 Å². The summed E-state index contributed by atoms with van der Waals surface area (Å²) in [6.07, 6.45) is -1.86. The third-order valence-corrected chi connectivity index (χ3v) is 4.16. The van der Waals surface area contributed by atoms with Crippen molar-refractivity contribution in [3.8, 4) is 11.8 Å². The van der Waals surface area contributed by atoms with E-state index in [0.29, 0.717) is 18.7 Å². The van der Waals surface area contributed by atoms with Crippen LogP contribution in [0.15, 0.2) is 23.8 Å². The number of carboxylic acids is 1. The van der Waals surface area contributed by atoms with Crippen molar-refractivity contribution in [2.45, 2.75) is 26.2 Å². The number of allylic oxidation sites excluding steroid dienone is 1. The van der Waals surface area contributed by atoms with Gasteiger partial charge in [-0.2, -0.15) is 13.2 Å². The van der Waals surface area contributed by atoms with Crippen LogP contribution in [0.1, 0.15) is 6.92 Å². The lowest BCUT2D eigenvalue weighted by Crippen LogP contribution is -2.44. The fourth-order valence-corrected chi connectivity index (χ4v) is 2.84. The highest BCUT2D eigenvalue weighted by atomic mass is 19.4. The molecule has 1 aliphatic heterocycles. The summed E-state index contributed by atoms with van der Waals surface area (Å²) in [6, 6.07) is 0. The van der Waals surface area contributed by atoms with Crippen molar-refractivity contribution in [3.63, 3.8) is 0 Å². The molecule has 12 heteroatoms. The van der Waals surface area contributed by atoms with E-state index in [-0.39, 0.29) is 5.69 Å². The molecule has 0 aromatic carbocycles. The van der Waals surface area contributed by atoms with Gasteiger partial charge in [-0.3, -0.25) is 9.13 Å². The van der Waals surface area contributed by atoms with Crippen LogP contribution in [-0.2, 0) is 17.9 Å². The van der Waals surface area contributed by atoms with Crippen LogP contribution in [0, 0.1) is 11.8 Å². The Morgan fingerprint density at radius 3 is 2.50 bits per heavy atom. The molecule has 0 aliphatic carbocycles. The van der Waals surface area contributed by atoms with Crippen LogP contribution < -0.4 is 15.9 Å². The van der Waals surface area contributed by atoms with E-state index in [2.05, 4.69) is 38.6 Å². The van der Waals surface area contributed by atoms with E-state index in [4.69, 9.17) is 9.90 Å². The standard InChI is InChI=1S/C16H20N6O.C2HF3O2/c1-3-5-9-21-13-14(20-10-6-17-7-11-20)18-12-19-15(13)22(8-4-2)16(21)23;3-2(4,5)1(6)7/h4,12,17H,2,6-11H2,1H3;(H,6,7). The number of aliphatic carboxylic acids is 1. The van der Waals surface area contributed by atoms with Crippen LogP contribution in [0.25, 0.3) is 11.2 Å². The van der Waals surface area contributed by atoms with E-state index in [1.54, 1.807) is 22.1 Å². The molecule has 2 aromatic rings. The fraction of sp³-hybridized carbons (Fsp3) is 0.444. The Hall–Kier alpha value is -3.33. The number of halogens is 3. The van der Waals surface area contributed by atoms with Crippen molar-refractivity contribution < 1.29 is 23.1 Å². The van der Waals surface area contributed by atoms with Gasteiger partial charge < -0.3 is 15.3 Å². The normalized spacial score (nSPS) is 13.8. The van der Waals surface area contributed by atoms with Gasteiger partial charge in [-0.25, -0.2) is 19.6 Å². The summed E-state index contributed by atoms with van der Waals surface area (Å²) >= 11 is 0. The third kappa shape index (κ3) is 5.18. The van der Waals surface area contributed by atoms with Crippen LogP contribution in [0.2, 0.25) is 0 Å².